The van der Waals surface area contributed by atoms with E-state index in [9.17, 15) is 9.18 Å². The van der Waals surface area contributed by atoms with Crippen LogP contribution in [0.25, 0.3) is 11.1 Å². The van der Waals surface area contributed by atoms with Crippen molar-refractivity contribution in [3.63, 3.8) is 0 Å². The van der Waals surface area contributed by atoms with Crippen molar-refractivity contribution in [2.24, 2.45) is 16.1 Å². The highest BCUT2D eigenvalue weighted by Gasteiger charge is 2.71. The molecule has 3 aliphatic heterocycles. The molecule has 3 heterocycles. The number of aliphatic imine (C=N–C) groups is 1. The predicted octanol–water partition coefficient (Wildman–Crippen LogP) is 3.81. The minimum atomic E-state index is -0.766. The highest BCUT2D eigenvalue weighted by atomic mass is 19.1. The molecule has 2 spiro atoms. The Morgan fingerprint density at radius 1 is 1.13 bits per heavy atom. The Bertz CT molecular complexity index is 1120. The molecule has 7 heteroatoms. The average molecular weight is 424 g/mol. The minimum Gasteiger partial charge on any atom is -0.487 e. The molecule has 2 N–H and O–H groups in total. The number of fused-ring (bicyclic) bond motifs is 3. The number of benzene rings is 2. The summed E-state index contributed by atoms with van der Waals surface area (Å²) in [6.07, 6.45) is 0.312. The molecule has 6 nitrogen and oxygen atoms in total. The van der Waals surface area contributed by atoms with Crippen LogP contribution in [0.15, 0.2) is 41.4 Å². The van der Waals surface area contributed by atoms with Gasteiger partial charge in [-0.05, 0) is 55.3 Å². The second kappa shape index (κ2) is 6.53. The van der Waals surface area contributed by atoms with Gasteiger partial charge in [0.05, 0.1) is 18.6 Å². The lowest BCUT2D eigenvalue weighted by molar-refractivity contribution is -0.247. The number of carbonyl (C=O) groups is 1. The SMILES string of the molecule is CCC(=O)c1cc(F)cc(-c2ccc3c(c2)C2(COC(N)=N2)C2(COC2)C(C)(C)O3)c1. The molecule has 2 aromatic rings. The van der Waals surface area contributed by atoms with Crippen molar-refractivity contribution < 1.29 is 23.4 Å². The molecule has 3 aliphatic rings. The normalized spacial score (nSPS) is 24.7. The van der Waals surface area contributed by atoms with Crippen LogP contribution in [0.5, 0.6) is 5.75 Å². The van der Waals surface area contributed by atoms with E-state index in [-0.39, 0.29) is 18.4 Å². The molecule has 1 unspecified atom stereocenters. The number of rotatable bonds is 3. The number of ether oxygens (including phenoxy) is 3. The Morgan fingerprint density at radius 2 is 1.90 bits per heavy atom. The lowest BCUT2D eigenvalue weighted by Gasteiger charge is -2.61. The first-order valence-corrected chi connectivity index (χ1v) is 10.4. The molecule has 0 saturated carbocycles. The molecule has 1 atom stereocenters. The van der Waals surface area contributed by atoms with Crippen LogP contribution < -0.4 is 10.5 Å². The number of hydrogen-bond donors (Lipinski definition) is 1. The lowest BCUT2D eigenvalue weighted by Crippen LogP contribution is -2.71. The highest BCUT2D eigenvalue weighted by Crippen LogP contribution is 2.62. The van der Waals surface area contributed by atoms with Crippen molar-refractivity contribution in [3.05, 3.63) is 53.3 Å². The fraction of sp³-hybridized carbons (Fsp3) is 0.417. The maximum absolute atomic E-state index is 14.3. The first-order valence-electron chi connectivity index (χ1n) is 10.4. The topological polar surface area (TPSA) is 83.1 Å². The number of carbonyl (C=O) groups excluding carboxylic acids is 1. The molecule has 1 saturated heterocycles. The first-order chi connectivity index (χ1) is 14.7. The van der Waals surface area contributed by atoms with E-state index in [0.29, 0.717) is 36.5 Å². The third-order valence-corrected chi connectivity index (χ3v) is 7.04. The Hall–Kier alpha value is -2.93. The van der Waals surface area contributed by atoms with Crippen molar-refractivity contribution in [3.8, 4) is 16.9 Å². The van der Waals surface area contributed by atoms with Crippen molar-refractivity contribution in [1.29, 1.82) is 0 Å². The summed E-state index contributed by atoms with van der Waals surface area (Å²) in [5, 5.41) is 0. The van der Waals surface area contributed by atoms with Gasteiger partial charge in [0.25, 0.3) is 6.02 Å². The summed E-state index contributed by atoms with van der Waals surface area (Å²) in [5.41, 5.74) is 6.79. The van der Waals surface area contributed by atoms with Crippen LogP contribution in [0, 0.1) is 11.2 Å². The van der Waals surface area contributed by atoms with Gasteiger partial charge in [0, 0.05) is 17.5 Å². The summed E-state index contributed by atoms with van der Waals surface area (Å²) in [5.74, 6) is 0.136. The maximum atomic E-state index is 14.3. The Labute approximate surface area is 180 Å². The van der Waals surface area contributed by atoms with Gasteiger partial charge in [-0.15, -0.1) is 0 Å². The zero-order chi connectivity index (χ0) is 22.0. The van der Waals surface area contributed by atoms with Crippen LogP contribution in [-0.4, -0.2) is 37.2 Å². The van der Waals surface area contributed by atoms with Crippen molar-refractivity contribution in [2.75, 3.05) is 19.8 Å². The lowest BCUT2D eigenvalue weighted by atomic mass is 9.55. The molecule has 0 aromatic heterocycles. The van der Waals surface area contributed by atoms with Crippen LogP contribution in [0.1, 0.15) is 43.1 Å². The fourth-order valence-electron chi connectivity index (χ4n) is 5.08. The van der Waals surface area contributed by atoms with E-state index in [1.807, 2.05) is 32.0 Å². The van der Waals surface area contributed by atoms with E-state index in [0.717, 1.165) is 11.1 Å². The van der Waals surface area contributed by atoms with Crippen LogP contribution in [-0.2, 0) is 15.0 Å². The number of nitrogens with zero attached hydrogens (tertiary/aromatic N) is 1. The van der Waals surface area contributed by atoms with E-state index in [1.165, 1.54) is 12.1 Å². The van der Waals surface area contributed by atoms with Crippen LogP contribution >= 0.6 is 0 Å². The van der Waals surface area contributed by atoms with Gasteiger partial charge in [0.2, 0.25) is 0 Å². The van der Waals surface area contributed by atoms with E-state index in [1.54, 1.807) is 13.0 Å². The van der Waals surface area contributed by atoms with Gasteiger partial charge >= 0.3 is 0 Å². The minimum absolute atomic E-state index is 0.104. The van der Waals surface area contributed by atoms with Crippen molar-refractivity contribution >= 4 is 11.8 Å². The van der Waals surface area contributed by atoms with E-state index >= 15 is 0 Å². The van der Waals surface area contributed by atoms with Gasteiger partial charge in [0.15, 0.2) is 5.78 Å². The van der Waals surface area contributed by atoms with Crippen molar-refractivity contribution in [1.82, 2.24) is 0 Å². The summed E-state index contributed by atoms with van der Waals surface area (Å²) in [4.78, 5) is 17.0. The number of nitrogens with two attached hydrogens (primary N) is 1. The molecule has 0 aliphatic carbocycles. The molecule has 0 bridgehead atoms. The van der Waals surface area contributed by atoms with Crippen LogP contribution in [0.4, 0.5) is 4.39 Å². The number of amidine groups is 1. The highest BCUT2D eigenvalue weighted by molar-refractivity contribution is 5.97. The summed E-state index contributed by atoms with van der Waals surface area (Å²) in [6.45, 7) is 7.06. The maximum Gasteiger partial charge on any atom is 0.283 e. The second-order valence-electron chi connectivity index (χ2n) is 9.00. The third kappa shape index (κ3) is 2.65. The van der Waals surface area contributed by atoms with E-state index in [4.69, 9.17) is 24.9 Å². The molecule has 0 amide bonds. The van der Waals surface area contributed by atoms with Crippen LogP contribution in [0.3, 0.4) is 0 Å². The molecule has 31 heavy (non-hydrogen) atoms. The zero-order valence-electron chi connectivity index (χ0n) is 17.8. The van der Waals surface area contributed by atoms with Gasteiger partial charge in [0.1, 0.15) is 29.3 Å². The van der Waals surface area contributed by atoms with Crippen molar-refractivity contribution in [2.45, 2.75) is 38.3 Å². The summed E-state index contributed by atoms with van der Waals surface area (Å²) in [7, 11) is 0. The summed E-state index contributed by atoms with van der Waals surface area (Å²) in [6, 6.07) is 10.3. The molecule has 5 rings (SSSR count). The molecule has 2 aromatic carbocycles. The Morgan fingerprint density at radius 3 is 2.52 bits per heavy atom. The molecule has 162 valence electrons. The van der Waals surface area contributed by atoms with E-state index < -0.39 is 22.4 Å². The molecular weight excluding hydrogens is 399 g/mol. The molecule has 1 fully saturated rings. The van der Waals surface area contributed by atoms with Gasteiger partial charge in [-0.3, -0.25) is 4.79 Å². The first kappa shape index (κ1) is 20.0. The zero-order valence-corrected chi connectivity index (χ0v) is 17.8. The van der Waals surface area contributed by atoms with Gasteiger partial charge in [-0.1, -0.05) is 13.0 Å². The van der Waals surface area contributed by atoms with Gasteiger partial charge in [-0.25, -0.2) is 9.38 Å². The van der Waals surface area contributed by atoms with Crippen LogP contribution in [0.2, 0.25) is 0 Å². The van der Waals surface area contributed by atoms with Gasteiger partial charge in [-0.2, -0.15) is 0 Å². The van der Waals surface area contributed by atoms with E-state index in [2.05, 4.69) is 0 Å². The fourth-order valence-corrected chi connectivity index (χ4v) is 5.08. The Kier molecular flexibility index (Phi) is 4.21. The third-order valence-electron chi connectivity index (χ3n) is 7.04. The summed E-state index contributed by atoms with van der Waals surface area (Å²) >= 11 is 0. The number of ketones is 1. The van der Waals surface area contributed by atoms with Gasteiger partial charge < -0.3 is 19.9 Å². The number of hydrogen-bond acceptors (Lipinski definition) is 6. The molecular formula is C24H25FN2O4. The Balaban J connectivity index is 1.70. The average Bonchev–Trinajstić information content (AvgIpc) is 3.07. The predicted molar refractivity (Wildman–Crippen MR) is 114 cm³/mol. The second-order valence-corrected chi connectivity index (χ2v) is 9.00. The standard InChI is InChI=1S/C24H25FN2O4/c1-4-19(28)16-7-15(8-17(25)9-16)14-5-6-20-18(10-14)24(13-30-21(26)27-24)23(11-29-12-23)22(2,3)31-20/h5-10H,4,11-13H2,1-3H3,(H2,26,27). The largest absolute Gasteiger partial charge is 0.487 e. The number of Topliss-reactive ketones (excluding diaryl/α,β-unsaturated/α-hetero) is 1. The number of halogens is 1. The monoisotopic (exact) mass is 424 g/mol. The quantitative estimate of drug-likeness (QED) is 0.758. The smallest absolute Gasteiger partial charge is 0.283 e. The molecule has 0 radical (unpaired) electrons. The summed E-state index contributed by atoms with van der Waals surface area (Å²) < 4.78 is 32.1.